The van der Waals surface area contributed by atoms with Gasteiger partial charge in [-0.2, -0.15) is 5.10 Å². The van der Waals surface area contributed by atoms with E-state index in [1.165, 1.54) is 0 Å². The number of esters is 1. The predicted octanol–water partition coefficient (Wildman–Crippen LogP) is 2.42. The molecule has 11 nitrogen and oxygen atoms in total. The number of amides is 2. The van der Waals surface area contributed by atoms with Crippen LogP contribution in [-0.2, 0) is 27.2 Å². The van der Waals surface area contributed by atoms with Crippen molar-refractivity contribution in [3.05, 3.63) is 40.7 Å². The fourth-order valence-corrected chi connectivity index (χ4v) is 5.65. The van der Waals surface area contributed by atoms with Gasteiger partial charge in [-0.1, -0.05) is 20.8 Å². The number of carbonyl (C=O) groups excluding carboxylic acids is 4. The lowest BCUT2D eigenvalue weighted by molar-refractivity contribution is -0.150. The number of fused-ring (bicyclic) bond motifs is 1. The van der Waals surface area contributed by atoms with Crippen LogP contribution in [0.3, 0.4) is 0 Å². The van der Waals surface area contributed by atoms with Crippen molar-refractivity contribution in [1.29, 1.82) is 0 Å². The van der Waals surface area contributed by atoms with Crippen LogP contribution in [0.4, 0.5) is 5.69 Å². The first-order valence-corrected chi connectivity index (χ1v) is 14.0. The summed E-state index contributed by atoms with van der Waals surface area (Å²) in [6, 6.07) is 5.43. The summed E-state index contributed by atoms with van der Waals surface area (Å²) >= 11 is 0. The van der Waals surface area contributed by atoms with Crippen LogP contribution in [0.25, 0.3) is 5.69 Å². The molecule has 11 heteroatoms. The number of benzene rings is 1. The molecule has 0 saturated heterocycles. The number of carbonyl (C=O) groups is 4. The van der Waals surface area contributed by atoms with Crippen molar-refractivity contribution in [2.24, 2.45) is 16.9 Å². The molecular formula is C29H40N6O5. The Labute approximate surface area is 234 Å². The zero-order chi connectivity index (χ0) is 29.0. The quantitative estimate of drug-likeness (QED) is 0.325. The molecule has 4 rings (SSSR count). The highest BCUT2D eigenvalue weighted by atomic mass is 16.5. The molecule has 0 atom stereocenters. The summed E-state index contributed by atoms with van der Waals surface area (Å²) in [6.07, 6.45) is 4.54. The minimum Gasteiger partial charge on any atom is -0.461 e. The van der Waals surface area contributed by atoms with Crippen LogP contribution in [0, 0.1) is 5.41 Å². The lowest BCUT2D eigenvalue weighted by Gasteiger charge is -2.30. The first kappa shape index (κ1) is 29.3. The number of Topliss-reactive ketones (excluding diaryl/α,β-unsaturated/α-hetero) is 1. The third-order valence-electron chi connectivity index (χ3n) is 7.60. The Hall–Kier alpha value is -3.73. The van der Waals surface area contributed by atoms with Crippen molar-refractivity contribution in [2.75, 3.05) is 18.4 Å². The first-order valence-electron chi connectivity index (χ1n) is 14.0. The Morgan fingerprint density at radius 1 is 1.15 bits per heavy atom. The summed E-state index contributed by atoms with van der Waals surface area (Å²) in [5.74, 6) is -1.17. The second-order valence-electron chi connectivity index (χ2n) is 11.5. The zero-order valence-corrected chi connectivity index (χ0v) is 23.5. The molecule has 40 heavy (non-hydrogen) atoms. The fourth-order valence-electron chi connectivity index (χ4n) is 5.65. The molecule has 2 amide bonds. The highest BCUT2D eigenvalue weighted by Crippen LogP contribution is 2.38. The molecule has 2 aliphatic rings. The number of primary amides is 1. The normalized spacial score (nSPS) is 19.9. The fraction of sp³-hybridized carbons (Fsp3) is 0.552. The molecular weight excluding hydrogens is 512 g/mol. The minimum absolute atomic E-state index is 0.0470. The Morgan fingerprint density at radius 2 is 1.88 bits per heavy atom. The zero-order valence-electron chi connectivity index (χ0n) is 23.5. The smallest absolute Gasteiger partial charge is 0.325 e. The number of ether oxygens (including phenoxy) is 1. The average Bonchev–Trinajstić information content (AvgIpc) is 3.26. The van der Waals surface area contributed by atoms with Crippen LogP contribution < -0.4 is 22.1 Å². The first-order chi connectivity index (χ1) is 19.0. The van der Waals surface area contributed by atoms with Crippen molar-refractivity contribution in [1.82, 2.24) is 15.1 Å². The van der Waals surface area contributed by atoms with Gasteiger partial charge in [-0.05, 0) is 62.1 Å². The number of hydrogen-bond donors (Lipinski definition) is 4. The number of nitrogens with zero attached hydrogens (tertiary/aromatic N) is 2. The number of ketones is 1. The van der Waals surface area contributed by atoms with Crippen molar-refractivity contribution in [3.8, 4) is 5.69 Å². The molecule has 1 aromatic heterocycles. The second kappa shape index (κ2) is 12.2. The van der Waals surface area contributed by atoms with Crippen molar-refractivity contribution in [3.63, 3.8) is 0 Å². The second-order valence-corrected chi connectivity index (χ2v) is 11.5. The lowest BCUT2D eigenvalue weighted by Crippen LogP contribution is -2.36. The van der Waals surface area contributed by atoms with E-state index < -0.39 is 11.9 Å². The molecule has 1 fully saturated rings. The largest absolute Gasteiger partial charge is 0.461 e. The number of rotatable bonds is 10. The van der Waals surface area contributed by atoms with Crippen molar-refractivity contribution >= 4 is 29.3 Å². The third kappa shape index (κ3) is 6.70. The number of aromatic nitrogens is 2. The van der Waals surface area contributed by atoms with Crippen LogP contribution >= 0.6 is 0 Å². The van der Waals surface area contributed by atoms with E-state index in [0.717, 1.165) is 41.9 Å². The summed E-state index contributed by atoms with van der Waals surface area (Å²) < 4.78 is 7.36. The van der Waals surface area contributed by atoms with Crippen LogP contribution in [0.2, 0.25) is 0 Å². The molecule has 216 valence electrons. The maximum absolute atomic E-state index is 13.0. The van der Waals surface area contributed by atoms with E-state index in [2.05, 4.69) is 24.5 Å². The molecule has 1 heterocycles. The summed E-state index contributed by atoms with van der Waals surface area (Å²) in [7, 11) is 0. The highest BCUT2D eigenvalue weighted by Gasteiger charge is 2.36. The molecule has 1 saturated carbocycles. The third-order valence-corrected chi connectivity index (χ3v) is 7.60. The van der Waals surface area contributed by atoms with Gasteiger partial charge in [-0.25, -0.2) is 4.68 Å². The maximum atomic E-state index is 13.0. The average molecular weight is 553 g/mol. The molecule has 0 aliphatic heterocycles. The van der Waals surface area contributed by atoms with Gasteiger partial charge in [0.15, 0.2) is 5.78 Å². The van der Waals surface area contributed by atoms with E-state index in [4.69, 9.17) is 21.3 Å². The van der Waals surface area contributed by atoms with Gasteiger partial charge in [0.2, 0.25) is 5.91 Å². The number of anilines is 1. The van der Waals surface area contributed by atoms with Gasteiger partial charge < -0.3 is 26.8 Å². The topological polar surface area (TPSA) is 171 Å². The van der Waals surface area contributed by atoms with Crippen LogP contribution in [0.5, 0.6) is 0 Å². The number of nitrogens with one attached hydrogen (secondary N) is 2. The van der Waals surface area contributed by atoms with Gasteiger partial charge >= 0.3 is 5.97 Å². The van der Waals surface area contributed by atoms with E-state index in [0.29, 0.717) is 36.9 Å². The van der Waals surface area contributed by atoms with Crippen LogP contribution in [-0.4, -0.2) is 58.6 Å². The summed E-state index contributed by atoms with van der Waals surface area (Å²) in [6.45, 7) is 6.22. The Balaban J connectivity index is 1.47. The molecule has 2 aromatic rings. The minimum atomic E-state index is -0.540. The van der Waals surface area contributed by atoms with Crippen molar-refractivity contribution < 1.29 is 23.9 Å². The van der Waals surface area contributed by atoms with E-state index >= 15 is 0 Å². The Bertz CT molecular complexity index is 1290. The molecule has 0 unspecified atom stereocenters. The van der Waals surface area contributed by atoms with Gasteiger partial charge in [0, 0.05) is 31.1 Å². The van der Waals surface area contributed by atoms with E-state index in [9.17, 15) is 19.2 Å². The van der Waals surface area contributed by atoms with Crippen molar-refractivity contribution in [2.45, 2.75) is 84.3 Å². The van der Waals surface area contributed by atoms with E-state index in [1.807, 2.05) is 23.7 Å². The lowest BCUT2D eigenvalue weighted by atomic mass is 9.75. The molecule has 2 aliphatic carbocycles. The SMILES string of the molecule is CCc1nn(-c2ccc(C(N)=O)c(NC3CCC(OC(=O)CNC(=O)CCN)CC3)c2)c2c1C(=O)CC(C)(C)C2. The maximum Gasteiger partial charge on any atom is 0.325 e. The summed E-state index contributed by atoms with van der Waals surface area (Å²) in [4.78, 5) is 48.9. The van der Waals surface area contributed by atoms with Gasteiger partial charge in [-0.15, -0.1) is 0 Å². The summed E-state index contributed by atoms with van der Waals surface area (Å²) in [5, 5.41) is 10.8. The molecule has 0 bridgehead atoms. The van der Waals surface area contributed by atoms with Gasteiger partial charge in [0.25, 0.3) is 5.91 Å². The standard InChI is InChI=1S/C29H40N6O5/c1-4-21-27-23(14-29(2,3)15-24(27)36)35(34-21)18-7-10-20(28(31)39)22(13-18)33-17-5-8-19(9-6-17)40-26(38)16-32-25(37)11-12-30/h7,10,13,17,19,33H,4-6,8-9,11-12,14-16,30H2,1-3H3,(H2,31,39)(H,32,37). The monoisotopic (exact) mass is 552 g/mol. The van der Waals surface area contributed by atoms with Gasteiger partial charge in [-0.3, -0.25) is 19.2 Å². The molecule has 0 spiro atoms. The van der Waals surface area contributed by atoms with Gasteiger partial charge in [0.05, 0.1) is 28.2 Å². The highest BCUT2D eigenvalue weighted by molar-refractivity contribution is 6.00. The predicted molar refractivity (Wildman–Crippen MR) is 150 cm³/mol. The molecule has 6 N–H and O–H groups in total. The van der Waals surface area contributed by atoms with Crippen LogP contribution in [0.1, 0.15) is 91.4 Å². The number of hydrogen-bond acceptors (Lipinski definition) is 8. The van der Waals surface area contributed by atoms with Crippen LogP contribution in [0.15, 0.2) is 18.2 Å². The van der Waals surface area contributed by atoms with Gasteiger partial charge in [0.1, 0.15) is 12.6 Å². The Kier molecular flexibility index (Phi) is 8.92. The van der Waals surface area contributed by atoms with E-state index in [-0.39, 0.29) is 48.8 Å². The summed E-state index contributed by atoms with van der Waals surface area (Å²) in [5.41, 5.74) is 15.0. The molecule has 0 radical (unpaired) electrons. The number of aryl methyl sites for hydroxylation is 1. The Morgan fingerprint density at radius 3 is 2.52 bits per heavy atom. The van der Waals surface area contributed by atoms with E-state index in [1.54, 1.807) is 6.07 Å². The number of nitrogens with two attached hydrogens (primary N) is 2. The molecule has 1 aromatic carbocycles.